The summed E-state index contributed by atoms with van der Waals surface area (Å²) in [7, 11) is 0. The molecule has 0 unspecified atom stereocenters. The van der Waals surface area contributed by atoms with E-state index in [9.17, 15) is 5.11 Å². The molecule has 2 N–H and O–H groups in total. The van der Waals surface area contributed by atoms with Gasteiger partial charge in [0.25, 0.3) is 0 Å². The lowest BCUT2D eigenvalue weighted by molar-refractivity contribution is 0.245. The molecule has 1 atom stereocenters. The zero-order chi connectivity index (χ0) is 11.6. The van der Waals surface area contributed by atoms with Crippen LogP contribution in [0.2, 0.25) is 0 Å². The van der Waals surface area contributed by atoms with E-state index in [0.29, 0.717) is 0 Å². The molecule has 0 saturated carbocycles. The fraction of sp³-hybridized carbons (Fsp3) is 0.538. The van der Waals surface area contributed by atoms with Gasteiger partial charge < -0.3 is 10.4 Å². The minimum Gasteiger partial charge on any atom is -0.394 e. The van der Waals surface area contributed by atoms with Crippen LogP contribution in [0.3, 0.4) is 0 Å². The van der Waals surface area contributed by atoms with Crippen molar-refractivity contribution >= 4 is 11.8 Å². The molecule has 1 rings (SSSR count). The highest BCUT2D eigenvalue weighted by Crippen LogP contribution is 2.11. The topological polar surface area (TPSA) is 32.3 Å². The van der Waals surface area contributed by atoms with Gasteiger partial charge in [0.1, 0.15) is 0 Å². The molecule has 1 aromatic rings. The van der Waals surface area contributed by atoms with Gasteiger partial charge in [0, 0.05) is 0 Å². The van der Waals surface area contributed by atoms with Crippen LogP contribution >= 0.6 is 11.8 Å². The highest BCUT2D eigenvalue weighted by Gasteiger charge is 2.07. The van der Waals surface area contributed by atoms with Crippen LogP contribution in [0.15, 0.2) is 30.3 Å². The second kappa shape index (κ2) is 8.62. The van der Waals surface area contributed by atoms with Gasteiger partial charge in [-0.3, -0.25) is 0 Å². The maximum Gasteiger partial charge on any atom is 0.0626 e. The average molecular weight is 239 g/mol. The summed E-state index contributed by atoms with van der Waals surface area (Å²) in [5, 5.41) is 12.7. The fourth-order valence-electron chi connectivity index (χ4n) is 1.57. The first-order valence-electron chi connectivity index (χ1n) is 5.85. The summed E-state index contributed by atoms with van der Waals surface area (Å²) < 4.78 is 0. The second-order valence-electron chi connectivity index (χ2n) is 3.65. The van der Waals surface area contributed by atoms with Gasteiger partial charge in [-0.15, -0.1) is 0 Å². The quantitative estimate of drug-likeness (QED) is 0.684. The first-order valence-corrected chi connectivity index (χ1v) is 7.01. The lowest BCUT2D eigenvalue weighted by Gasteiger charge is -2.16. The molecule has 0 fully saturated rings. The Balaban J connectivity index is 2.27. The molecule has 0 bridgehead atoms. The number of rotatable bonds is 8. The predicted molar refractivity (Wildman–Crippen MR) is 71.9 cm³/mol. The Bertz CT molecular complexity index is 266. The molecule has 0 amide bonds. The lowest BCUT2D eigenvalue weighted by Crippen LogP contribution is -2.25. The minimum atomic E-state index is 0.0767. The standard InChI is InChI=1S/C13H21NOS/c1-2-16-10-6-9-14-13(11-15)12-7-4-3-5-8-12/h3-5,7-8,13-15H,2,6,9-11H2,1H3/t13-/m0/s1. The van der Waals surface area contributed by atoms with Crippen LogP contribution in [0, 0.1) is 0 Å². The van der Waals surface area contributed by atoms with Crippen LogP contribution in [0.4, 0.5) is 0 Å². The summed E-state index contributed by atoms with van der Waals surface area (Å²) in [4.78, 5) is 0. The van der Waals surface area contributed by atoms with E-state index in [1.807, 2.05) is 30.0 Å². The van der Waals surface area contributed by atoms with E-state index in [2.05, 4.69) is 24.4 Å². The zero-order valence-electron chi connectivity index (χ0n) is 9.86. The summed E-state index contributed by atoms with van der Waals surface area (Å²) in [6, 6.07) is 10.2. The second-order valence-corrected chi connectivity index (χ2v) is 5.04. The SMILES string of the molecule is CCSCCCN[C@@H](CO)c1ccccc1. The molecule has 0 heterocycles. The Labute approximate surface area is 102 Å². The Morgan fingerprint density at radius 3 is 2.69 bits per heavy atom. The van der Waals surface area contributed by atoms with Crippen molar-refractivity contribution in [3.05, 3.63) is 35.9 Å². The van der Waals surface area contributed by atoms with Gasteiger partial charge in [-0.25, -0.2) is 0 Å². The van der Waals surface area contributed by atoms with Gasteiger partial charge in [0.15, 0.2) is 0 Å². The van der Waals surface area contributed by atoms with Gasteiger partial charge in [-0.05, 0) is 30.0 Å². The number of aliphatic hydroxyl groups is 1. The number of hydrogen-bond donors (Lipinski definition) is 2. The van der Waals surface area contributed by atoms with Crippen molar-refractivity contribution in [3.63, 3.8) is 0 Å². The van der Waals surface area contributed by atoms with Gasteiger partial charge >= 0.3 is 0 Å². The van der Waals surface area contributed by atoms with E-state index < -0.39 is 0 Å². The highest BCUT2D eigenvalue weighted by molar-refractivity contribution is 7.99. The Kier molecular flexibility index (Phi) is 7.30. The van der Waals surface area contributed by atoms with Crippen LogP contribution in [-0.2, 0) is 0 Å². The molecule has 2 nitrogen and oxygen atoms in total. The van der Waals surface area contributed by atoms with E-state index in [1.54, 1.807) is 0 Å². The molecule has 0 spiro atoms. The van der Waals surface area contributed by atoms with E-state index in [0.717, 1.165) is 18.5 Å². The summed E-state index contributed by atoms with van der Waals surface area (Å²) in [6.07, 6.45) is 1.15. The molecule has 0 aliphatic carbocycles. The number of benzene rings is 1. The normalized spacial score (nSPS) is 12.6. The fourth-order valence-corrected chi connectivity index (χ4v) is 2.21. The summed E-state index contributed by atoms with van der Waals surface area (Å²) in [5.74, 6) is 2.37. The summed E-state index contributed by atoms with van der Waals surface area (Å²) >= 11 is 1.96. The largest absolute Gasteiger partial charge is 0.394 e. The van der Waals surface area contributed by atoms with Crippen molar-refractivity contribution < 1.29 is 5.11 Å². The van der Waals surface area contributed by atoms with Crippen molar-refractivity contribution in [2.24, 2.45) is 0 Å². The van der Waals surface area contributed by atoms with Gasteiger partial charge in [-0.2, -0.15) is 11.8 Å². The maximum atomic E-state index is 9.31. The first-order chi connectivity index (χ1) is 7.88. The zero-order valence-corrected chi connectivity index (χ0v) is 10.7. The molecule has 0 aliphatic heterocycles. The van der Waals surface area contributed by atoms with Crippen molar-refractivity contribution in [3.8, 4) is 0 Å². The molecule has 0 aromatic heterocycles. The van der Waals surface area contributed by atoms with Crippen molar-refractivity contribution in [1.29, 1.82) is 0 Å². The van der Waals surface area contributed by atoms with E-state index in [1.165, 1.54) is 11.5 Å². The third-order valence-corrected chi connectivity index (χ3v) is 3.43. The van der Waals surface area contributed by atoms with Gasteiger partial charge in [0.05, 0.1) is 12.6 Å². The molecular formula is C13H21NOS. The Morgan fingerprint density at radius 1 is 1.31 bits per heavy atom. The Hall–Kier alpha value is -0.510. The molecule has 0 aliphatic rings. The number of thioether (sulfide) groups is 1. The predicted octanol–water partition coefficient (Wildman–Crippen LogP) is 2.45. The molecule has 0 radical (unpaired) electrons. The van der Waals surface area contributed by atoms with Crippen LogP contribution in [0.5, 0.6) is 0 Å². The smallest absolute Gasteiger partial charge is 0.0626 e. The molecule has 1 aromatic carbocycles. The first kappa shape index (κ1) is 13.6. The third-order valence-electron chi connectivity index (χ3n) is 2.44. The Morgan fingerprint density at radius 2 is 2.06 bits per heavy atom. The van der Waals surface area contributed by atoms with E-state index in [-0.39, 0.29) is 12.6 Å². The molecule has 3 heteroatoms. The van der Waals surface area contributed by atoms with Crippen molar-refractivity contribution in [2.75, 3.05) is 24.7 Å². The molecular weight excluding hydrogens is 218 g/mol. The summed E-state index contributed by atoms with van der Waals surface area (Å²) in [5.41, 5.74) is 1.16. The maximum absolute atomic E-state index is 9.31. The monoisotopic (exact) mass is 239 g/mol. The molecule has 16 heavy (non-hydrogen) atoms. The molecule has 0 saturated heterocycles. The number of aliphatic hydroxyl groups excluding tert-OH is 1. The van der Waals surface area contributed by atoms with Crippen LogP contribution in [0.25, 0.3) is 0 Å². The van der Waals surface area contributed by atoms with Crippen molar-refractivity contribution in [2.45, 2.75) is 19.4 Å². The summed E-state index contributed by atoms with van der Waals surface area (Å²) in [6.45, 7) is 3.30. The van der Waals surface area contributed by atoms with Gasteiger partial charge in [-0.1, -0.05) is 37.3 Å². The van der Waals surface area contributed by atoms with Crippen LogP contribution < -0.4 is 5.32 Å². The third kappa shape index (κ3) is 5.01. The van der Waals surface area contributed by atoms with Crippen LogP contribution in [-0.4, -0.2) is 29.8 Å². The van der Waals surface area contributed by atoms with Gasteiger partial charge in [0.2, 0.25) is 0 Å². The lowest BCUT2D eigenvalue weighted by atomic mass is 10.1. The van der Waals surface area contributed by atoms with E-state index >= 15 is 0 Å². The number of hydrogen-bond acceptors (Lipinski definition) is 3. The van der Waals surface area contributed by atoms with Crippen molar-refractivity contribution in [1.82, 2.24) is 5.32 Å². The highest BCUT2D eigenvalue weighted by atomic mass is 32.2. The van der Waals surface area contributed by atoms with E-state index in [4.69, 9.17) is 0 Å². The average Bonchev–Trinajstić information content (AvgIpc) is 2.35. The molecule has 90 valence electrons. The number of nitrogens with one attached hydrogen (secondary N) is 1. The minimum absolute atomic E-state index is 0.0767. The van der Waals surface area contributed by atoms with Crippen LogP contribution in [0.1, 0.15) is 24.9 Å².